The number of carbonyl (C=O) groups excluding carboxylic acids is 2. The molecule has 0 radical (unpaired) electrons. The molecule has 1 saturated heterocycles. The van der Waals surface area contributed by atoms with E-state index in [0.29, 0.717) is 22.2 Å². The van der Waals surface area contributed by atoms with Crippen molar-refractivity contribution in [1.82, 2.24) is 14.9 Å². The Bertz CT molecular complexity index is 1360. The van der Waals surface area contributed by atoms with Crippen molar-refractivity contribution < 1.29 is 14.3 Å². The summed E-state index contributed by atoms with van der Waals surface area (Å²) in [5, 5.41) is 2.86. The lowest BCUT2D eigenvalue weighted by Gasteiger charge is -2.30. The second kappa shape index (κ2) is 9.23. The van der Waals surface area contributed by atoms with Crippen molar-refractivity contribution in [2.75, 3.05) is 18.4 Å². The van der Waals surface area contributed by atoms with Gasteiger partial charge in [-0.2, -0.15) is 0 Å². The molecule has 1 fully saturated rings. The Kier molecular flexibility index (Phi) is 5.98. The van der Waals surface area contributed by atoms with E-state index in [4.69, 9.17) is 4.74 Å². The van der Waals surface area contributed by atoms with Crippen LogP contribution in [0.2, 0.25) is 0 Å². The van der Waals surface area contributed by atoms with Crippen LogP contribution in [0.5, 0.6) is 11.5 Å². The highest BCUT2D eigenvalue weighted by Gasteiger charge is 2.24. The monoisotopic (exact) mass is 472 g/mol. The first-order valence-electron chi connectivity index (χ1n) is 11.1. The minimum Gasteiger partial charge on any atom is -0.456 e. The second-order valence-electron chi connectivity index (χ2n) is 8.42. The van der Waals surface area contributed by atoms with Crippen molar-refractivity contribution >= 4 is 39.2 Å². The largest absolute Gasteiger partial charge is 0.456 e. The Balaban J connectivity index is 1.26. The third-order valence-corrected chi connectivity index (χ3v) is 6.74. The van der Waals surface area contributed by atoms with Crippen molar-refractivity contribution in [1.29, 1.82) is 0 Å². The van der Waals surface area contributed by atoms with E-state index in [9.17, 15) is 9.59 Å². The highest BCUT2D eigenvalue weighted by atomic mass is 32.1. The lowest BCUT2D eigenvalue weighted by atomic mass is 10.1. The fourth-order valence-electron chi connectivity index (χ4n) is 3.86. The number of thiophene rings is 1. The van der Waals surface area contributed by atoms with Gasteiger partial charge in [0.2, 0.25) is 5.91 Å². The molecule has 8 heteroatoms. The van der Waals surface area contributed by atoms with Crippen molar-refractivity contribution in [3.63, 3.8) is 0 Å². The highest BCUT2D eigenvalue weighted by molar-refractivity contribution is 7.21. The van der Waals surface area contributed by atoms with Crippen LogP contribution in [0.4, 0.5) is 5.82 Å². The zero-order chi connectivity index (χ0) is 23.7. The predicted molar refractivity (Wildman–Crippen MR) is 133 cm³/mol. The summed E-state index contributed by atoms with van der Waals surface area (Å²) in [6.45, 7) is 5.50. The number of amides is 2. The number of hydrogen-bond acceptors (Lipinski definition) is 6. The van der Waals surface area contributed by atoms with Gasteiger partial charge in [0, 0.05) is 31.0 Å². The van der Waals surface area contributed by atoms with E-state index in [1.807, 2.05) is 61.2 Å². The fraction of sp³-hybridized carbons (Fsp3) is 0.231. The van der Waals surface area contributed by atoms with Crippen molar-refractivity contribution in [2.24, 2.45) is 0 Å². The average molecular weight is 473 g/mol. The van der Waals surface area contributed by atoms with Crippen LogP contribution in [0.1, 0.15) is 32.9 Å². The quantitative estimate of drug-likeness (QED) is 0.421. The Morgan fingerprint density at radius 2 is 1.88 bits per heavy atom. The van der Waals surface area contributed by atoms with Crippen LogP contribution >= 0.6 is 11.3 Å². The van der Waals surface area contributed by atoms with Gasteiger partial charge in [-0.25, -0.2) is 4.98 Å². The van der Waals surface area contributed by atoms with Crippen molar-refractivity contribution in [3.05, 3.63) is 76.4 Å². The minimum absolute atomic E-state index is 0.0545. The summed E-state index contributed by atoms with van der Waals surface area (Å²) in [5.74, 6) is 1.80. The van der Waals surface area contributed by atoms with E-state index in [2.05, 4.69) is 15.3 Å². The van der Waals surface area contributed by atoms with Gasteiger partial charge in [-0.15, -0.1) is 11.3 Å². The van der Waals surface area contributed by atoms with Gasteiger partial charge in [-0.3, -0.25) is 14.6 Å². The topological polar surface area (TPSA) is 84.4 Å². The van der Waals surface area contributed by atoms with E-state index in [1.165, 1.54) is 11.3 Å². The first-order valence-corrected chi connectivity index (χ1v) is 12.0. The van der Waals surface area contributed by atoms with Crippen LogP contribution in [-0.4, -0.2) is 39.8 Å². The van der Waals surface area contributed by atoms with Crippen LogP contribution in [0.3, 0.4) is 0 Å². The number of aryl methyl sites for hydroxylation is 2. The third-order valence-electron chi connectivity index (χ3n) is 5.61. The molecular weight excluding hydrogens is 448 g/mol. The van der Waals surface area contributed by atoms with E-state index >= 15 is 0 Å². The van der Waals surface area contributed by atoms with Crippen LogP contribution in [-0.2, 0) is 11.2 Å². The molecule has 7 nitrogen and oxygen atoms in total. The molecule has 3 aromatic heterocycles. The summed E-state index contributed by atoms with van der Waals surface area (Å²) >= 11 is 1.41. The van der Waals surface area contributed by atoms with Crippen molar-refractivity contribution in [2.45, 2.75) is 26.7 Å². The lowest BCUT2D eigenvalue weighted by molar-refractivity contribution is -0.115. The first-order chi connectivity index (χ1) is 16.4. The molecule has 4 aromatic rings. The molecule has 5 rings (SSSR count). The molecule has 1 aliphatic heterocycles. The summed E-state index contributed by atoms with van der Waals surface area (Å²) in [6.07, 6.45) is 2.98. The summed E-state index contributed by atoms with van der Waals surface area (Å²) in [5.41, 5.74) is 3.54. The van der Waals surface area contributed by atoms with Gasteiger partial charge in [0.15, 0.2) is 0 Å². The molecule has 0 aliphatic carbocycles. The molecule has 1 aliphatic rings. The number of benzene rings is 1. The number of nitrogens with zero attached hydrogens (tertiary/aromatic N) is 3. The Hall–Kier alpha value is -3.78. The van der Waals surface area contributed by atoms with Crippen LogP contribution in [0.25, 0.3) is 10.2 Å². The van der Waals surface area contributed by atoms with Gasteiger partial charge < -0.3 is 15.0 Å². The number of anilines is 1. The van der Waals surface area contributed by atoms with E-state index in [-0.39, 0.29) is 18.2 Å². The maximum atomic E-state index is 12.6. The zero-order valence-corrected chi connectivity index (χ0v) is 19.8. The highest BCUT2D eigenvalue weighted by Crippen LogP contribution is 2.35. The minimum atomic E-state index is -0.125. The number of aromatic nitrogens is 2. The number of ether oxygens (including phenoxy) is 1. The number of carbonyl (C=O) groups is 2. The number of rotatable bonds is 6. The smallest absolute Gasteiger partial charge is 0.264 e. The van der Waals surface area contributed by atoms with Crippen molar-refractivity contribution in [3.8, 4) is 11.5 Å². The Labute approximate surface area is 201 Å². The van der Waals surface area contributed by atoms with Gasteiger partial charge in [-0.05, 0) is 61.7 Å². The molecule has 1 N–H and O–H groups in total. The summed E-state index contributed by atoms with van der Waals surface area (Å²) in [6, 6.07) is 14.9. The maximum absolute atomic E-state index is 12.6. The molecule has 0 saturated carbocycles. The molecule has 34 heavy (non-hydrogen) atoms. The summed E-state index contributed by atoms with van der Waals surface area (Å²) in [7, 11) is 0. The molecule has 4 heterocycles. The molecular formula is C26H24N4O3S. The zero-order valence-electron chi connectivity index (χ0n) is 19.0. The number of fused-ring (bicyclic) bond motifs is 1. The molecule has 0 spiro atoms. The Morgan fingerprint density at radius 3 is 2.59 bits per heavy atom. The van der Waals surface area contributed by atoms with Crippen LogP contribution in [0, 0.1) is 13.8 Å². The van der Waals surface area contributed by atoms with Gasteiger partial charge >= 0.3 is 0 Å². The van der Waals surface area contributed by atoms with Gasteiger partial charge in [0.05, 0.1) is 21.5 Å². The number of likely N-dealkylation sites (tertiary alicyclic amines) is 1. The van der Waals surface area contributed by atoms with Crippen LogP contribution < -0.4 is 10.1 Å². The standard InChI is InChI=1S/C26H24N4O3S/c1-16-12-17(2)28-23(13-16)29-24(31)14-18-4-6-19(7-5-18)33-21-8-9-27-20-15-22(34-25(20)21)26(32)30-10-3-11-30/h4-9,12-13,15H,3,10-11,14H2,1-2H3,(H,28,29,31). The van der Waals surface area contributed by atoms with Gasteiger partial charge in [-0.1, -0.05) is 12.1 Å². The van der Waals surface area contributed by atoms with E-state index in [0.717, 1.165) is 46.5 Å². The Morgan fingerprint density at radius 1 is 1.09 bits per heavy atom. The molecule has 0 unspecified atom stereocenters. The predicted octanol–water partition coefficient (Wildman–Crippen LogP) is 5.13. The molecule has 1 aromatic carbocycles. The number of pyridine rings is 2. The maximum Gasteiger partial charge on any atom is 0.264 e. The normalized spacial score (nSPS) is 12.9. The lowest BCUT2D eigenvalue weighted by Crippen LogP contribution is -2.41. The van der Waals surface area contributed by atoms with E-state index in [1.54, 1.807) is 12.3 Å². The average Bonchev–Trinajstić information content (AvgIpc) is 3.18. The molecule has 0 atom stereocenters. The fourth-order valence-corrected chi connectivity index (χ4v) is 4.89. The first kappa shape index (κ1) is 22.0. The number of nitrogens with one attached hydrogen (secondary N) is 1. The summed E-state index contributed by atoms with van der Waals surface area (Å²) < 4.78 is 6.95. The van der Waals surface area contributed by atoms with Gasteiger partial charge in [0.25, 0.3) is 5.91 Å². The number of hydrogen-bond donors (Lipinski definition) is 1. The van der Waals surface area contributed by atoms with E-state index < -0.39 is 0 Å². The molecule has 172 valence electrons. The molecule has 0 bridgehead atoms. The summed E-state index contributed by atoms with van der Waals surface area (Å²) in [4.78, 5) is 36.3. The van der Waals surface area contributed by atoms with Crippen LogP contribution in [0.15, 0.2) is 54.7 Å². The molecule has 2 amide bonds. The SMILES string of the molecule is Cc1cc(C)nc(NC(=O)Cc2ccc(Oc3ccnc4cc(C(=O)N5CCC5)sc34)cc2)c1. The van der Waals surface area contributed by atoms with Gasteiger partial charge in [0.1, 0.15) is 17.3 Å². The third kappa shape index (κ3) is 4.77. The second-order valence-corrected chi connectivity index (χ2v) is 9.47.